The molecule has 27 heavy (non-hydrogen) atoms. The number of hydrogen-bond acceptors (Lipinski definition) is 2. The van der Waals surface area contributed by atoms with Crippen molar-refractivity contribution in [3.63, 3.8) is 0 Å². The molecular weight excluding hydrogens is 336 g/mol. The van der Waals surface area contributed by atoms with E-state index in [4.69, 9.17) is 0 Å². The van der Waals surface area contributed by atoms with E-state index < -0.39 is 0 Å². The van der Waals surface area contributed by atoms with Crippen LogP contribution in [0.3, 0.4) is 0 Å². The maximum Gasteiger partial charge on any atom is 0.226 e. The third-order valence-electron chi connectivity index (χ3n) is 4.64. The number of hydrogen-bond donors (Lipinski definition) is 1. The molecule has 0 bridgehead atoms. The molecule has 0 aromatic heterocycles. The van der Waals surface area contributed by atoms with Crippen LogP contribution >= 0.6 is 0 Å². The first-order valence-corrected chi connectivity index (χ1v) is 9.48. The quantitative estimate of drug-likeness (QED) is 0.788. The van der Waals surface area contributed by atoms with Crippen LogP contribution in [0.5, 0.6) is 0 Å². The largest absolute Gasteiger partial charge is 0.326 e. The second-order valence-electron chi connectivity index (χ2n) is 7.78. The van der Waals surface area contributed by atoms with Gasteiger partial charge in [-0.25, -0.2) is 0 Å². The van der Waals surface area contributed by atoms with Gasteiger partial charge in [0.05, 0.1) is 0 Å². The van der Waals surface area contributed by atoms with Gasteiger partial charge in [-0.05, 0) is 41.2 Å². The first-order valence-electron chi connectivity index (χ1n) is 9.48. The number of benzene rings is 2. The number of carbonyl (C=O) groups is 2. The molecule has 0 saturated heterocycles. The predicted octanol–water partition coefficient (Wildman–Crippen LogP) is 4.93. The molecule has 2 aromatic carbocycles. The highest BCUT2D eigenvalue weighted by Crippen LogP contribution is 2.24. The lowest BCUT2D eigenvalue weighted by molar-refractivity contribution is -0.117. The zero-order valence-electron chi connectivity index (χ0n) is 17.0. The summed E-state index contributed by atoms with van der Waals surface area (Å²) in [6, 6.07) is 15.8. The Morgan fingerprint density at radius 2 is 1.63 bits per heavy atom. The molecule has 0 spiro atoms. The first-order chi connectivity index (χ1) is 12.7. The summed E-state index contributed by atoms with van der Waals surface area (Å²) in [5.41, 5.74) is 4.06. The van der Waals surface area contributed by atoms with Gasteiger partial charge in [0, 0.05) is 31.3 Å². The zero-order valence-corrected chi connectivity index (χ0v) is 17.0. The number of aryl methyl sites for hydroxylation is 1. The minimum Gasteiger partial charge on any atom is -0.326 e. The van der Waals surface area contributed by atoms with Gasteiger partial charge in [0.15, 0.2) is 0 Å². The number of nitrogens with zero attached hydrogens (tertiary/aromatic N) is 1. The number of nitrogens with one attached hydrogen (secondary N) is 1. The monoisotopic (exact) mass is 366 g/mol. The second kappa shape index (κ2) is 8.85. The van der Waals surface area contributed by atoms with E-state index in [-0.39, 0.29) is 23.7 Å². The lowest BCUT2D eigenvalue weighted by atomic mass is 9.87. The van der Waals surface area contributed by atoms with Gasteiger partial charge in [-0.15, -0.1) is 0 Å². The maximum absolute atomic E-state index is 12.4. The molecule has 0 aliphatic rings. The molecule has 2 aromatic rings. The van der Waals surface area contributed by atoms with Crippen molar-refractivity contribution >= 4 is 23.2 Å². The van der Waals surface area contributed by atoms with E-state index in [0.717, 1.165) is 23.4 Å². The molecule has 0 unspecified atom stereocenters. The van der Waals surface area contributed by atoms with Gasteiger partial charge in [0.2, 0.25) is 11.8 Å². The van der Waals surface area contributed by atoms with Crippen LogP contribution in [0.2, 0.25) is 0 Å². The number of para-hydroxylation sites is 1. The van der Waals surface area contributed by atoms with E-state index in [9.17, 15) is 9.59 Å². The standard InChI is InChI=1S/C23H30N2O2/c1-6-18-9-7-8-10-21(18)25(17(2)26)16-15-22(27)24-20-13-11-19(12-14-20)23(3,4)5/h7-14H,6,15-16H2,1-5H3,(H,24,27). The third kappa shape index (κ3) is 5.68. The fourth-order valence-corrected chi connectivity index (χ4v) is 3.01. The van der Waals surface area contributed by atoms with E-state index >= 15 is 0 Å². The Balaban J connectivity index is 2.01. The fourth-order valence-electron chi connectivity index (χ4n) is 3.01. The van der Waals surface area contributed by atoms with Crippen molar-refractivity contribution in [3.05, 3.63) is 59.7 Å². The van der Waals surface area contributed by atoms with Gasteiger partial charge < -0.3 is 10.2 Å². The smallest absolute Gasteiger partial charge is 0.226 e. The normalized spacial score (nSPS) is 11.1. The van der Waals surface area contributed by atoms with Gasteiger partial charge in [0.25, 0.3) is 0 Å². The van der Waals surface area contributed by atoms with Crippen LogP contribution in [0.25, 0.3) is 0 Å². The van der Waals surface area contributed by atoms with Crippen LogP contribution in [0, 0.1) is 0 Å². The molecule has 0 aliphatic carbocycles. The lowest BCUT2D eigenvalue weighted by Crippen LogP contribution is -2.32. The van der Waals surface area contributed by atoms with E-state index in [2.05, 4.69) is 33.0 Å². The molecule has 144 valence electrons. The summed E-state index contributed by atoms with van der Waals surface area (Å²) < 4.78 is 0. The second-order valence-corrected chi connectivity index (χ2v) is 7.78. The van der Waals surface area contributed by atoms with Gasteiger partial charge in [0.1, 0.15) is 0 Å². The van der Waals surface area contributed by atoms with Crippen LogP contribution in [0.4, 0.5) is 11.4 Å². The lowest BCUT2D eigenvalue weighted by Gasteiger charge is -2.23. The Hall–Kier alpha value is -2.62. The molecule has 0 saturated carbocycles. The highest BCUT2D eigenvalue weighted by Gasteiger charge is 2.16. The Morgan fingerprint density at radius 3 is 2.19 bits per heavy atom. The molecule has 0 atom stereocenters. The summed E-state index contributed by atoms with van der Waals surface area (Å²) in [4.78, 5) is 26.1. The van der Waals surface area contributed by atoms with E-state index in [1.807, 2.05) is 48.5 Å². The van der Waals surface area contributed by atoms with Crippen molar-refractivity contribution < 1.29 is 9.59 Å². The van der Waals surface area contributed by atoms with Gasteiger partial charge >= 0.3 is 0 Å². The van der Waals surface area contributed by atoms with Crippen molar-refractivity contribution in [3.8, 4) is 0 Å². The molecule has 0 aliphatic heterocycles. The van der Waals surface area contributed by atoms with Gasteiger partial charge in [-0.2, -0.15) is 0 Å². The van der Waals surface area contributed by atoms with Crippen molar-refractivity contribution in [2.75, 3.05) is 16.8 Å². The molecular formula is C23H30N2O2. The molecule has 2 amide bonds. The molecule has 4 heteroatoms. The van der Waals surface area contributed by atoms with E-state index in [1.54, 1.807) is 4.90 Å². The average Bonchev–Trinajstić information content (AvgIpc) is 2.61. The van der Waals surface area contributed by atoms with Crippen LogP contribution in [-0.2, 0) is 21.4 Å². The van der Waals surface area contributed by atoms with Crippen molar-refractivity contribution in [2.45, 2.75) is 52.9 Å². The minimum atomic E-state index is -0.0984. The Morgan fingerprint density at radius 1 is 1.00 bits per heavy atom. The summed E-state index contributed by atoms with van der Waals surface area (Å²) in [5, 5.41) is 2.92. The van der Waals surface area contributed by atoms with Crippen LogP contribution in [0.1, 0.15) is 52.2 Å². The number of rotatable bonds is 6. The van der Waals surface area contributed by atoms with Crippen molar-refractivity contribution in [1.82, 2.24) is 0 Å². The topological polar surface area (TPSA) is 49.4 Å². The molecule has 1 N–H and O–H groups in total. The molecule has 4 nitrogen and oxygen atoms in total. The summed E-state index contributed by atoms with van der Waals surface area (Å²) >= 11 is 0. The summed E-state index contributed by atoms with van der Waals surface area (Å²) in [7, 11) is 0. The molecule has 0 fully saturated rings. The Kier molecular flexibility index (Phi) is 6.78. The summed E-state index contributed by atoms with van der Waals surface area (Å²) in [6.45, 7) is 10.4. The summed E-state index contributed by atoms with van der Waals surface area (Å²) in [6.07, 6.45) is 1.09. The average molecular weight is 367 g/mol. The van der Waals surface area contributed by atoms with Crippen LogP contribution in [-0.4, -0.2) is 18.4 Å². The van der Waals surface area contributed by atoms with Gasteiger partial charge in [-0.1, -0.05) is 58.0 Å². The first kappa shape index (κ1) is 20.7. The number of amides is 2. The highest BCUT2D eigenvalue weighted by atomic mass is 16.2. The molecule has 2 rings (SSSR count). The minimum absolute atomic E-state index is 0.0572. The van der Waals surface area contributed by atoms with Crippen LogP contribution < -0.4 is 10.2 Å². The molecule has 0 heterocycles. The maximum atomic E-state index is 12.4. The highest BCUT2D eigenvalue weighted by molar-refractivity contribution is 5.95. The third-order valence-corrected chi connectivity index (χ3v) is 4.64. The van der Waals surface area contributed by atoms with E-state index in [0.29, 0.717) is 6.54 Å². The Labute approximate surface area is 162 Å². The number of anilines is 2. The van der Waals surface area contributed by atoms with Crippen LogP contribution in [0.15, 0.2) is 48.5 Å². The van der Waals surface area contributed by atoms with Gasteiger partial charge in [-0.3, -0.25) is 9.59 Å². The zero-order chi connectivity index (χ0) is 20.0. The SMILES string of the molecule is CCc1ccccc1N(CCC(=O)Nc1ccc(C(C)(C)C)cc1)C(C)=O. The Bertz CT molecular complexity index is 789. The van der Waals surface area contributed by atoms with Crippen molar-refractivity contribution in [2.24, 2.45) is 0 Å². The number of carbonyl (C=O) groups excluding carboxylic acids is 2. The fraction of sp³-hybridized carbons (Fsp3) is 0.391. The summed E-state index contributed by atoms with van der Waals surface area (Å²) in [5.74, 6) is -0.156. The van der Waals surface area contributed by atoms with E-state index in [1.165, 1.54) is 12.5 Å². The van der Waals surface area contributed by atoms with Crippen molar-refractivity contribution in [1.29, 1.82) is 0 Å². The molecule has 0 radical (unpaired) electrons. The predicted molar refractivity (Wildman–Crippen MR) is 112 cm³/mol.